The summed E-state index contributed by atoms with van der Waals surface area (Å²) < 4.78 is 2.70. The van der Waals surface area contributed by atoms with Gasteiger partial charge in [-0.3, -0.25) is 0 Å². The summed E-state index contributed by atoms with van der Waals surface area (Å²) in [5.41, 5.74) is 7.61. The van der Waals surface area contributed by atoms with Gasteiger partial charge in [0.2, 0.25) is 0 Å². The fourth-order valence-corrected chi connectivity index (χ4v) is 7.05. The second-order valence-electron chi connectivity index (χ2n) is 10.3. The Bertz CT molecular complexity index is 1650. The predicted molar refractivity (Wildman–Crippen MR) is 159 cm³/mol. The number of hydrogen-bond acceptors (Lipinski definition) is 1. The molecule has 0 fully saturated rings. The number of rotatable bonds is 4. The third-order valence-corrected chi connectivity index (χ3v) is 10.1. The van der Waals surface area contributed by atoms with E-state index in [2.05, 4.69) is 135 Å². The molecule has 0 amide bonds. The molecular formula is C33H28SSi. The molecule has 0 saturated heterocycles. The molecule has 6 aromatic rings. The van der Waals surface area contributed by atoms with Crippen LogP contribution in [0, 0.1) is 0 Å². The van der Waals surface area contributed by atoms with Crippen LogP contribution in [0.15, 0.2) is 115 Å². The fraction of sp³-hybridized carbons (Fsp3) is 0.0909. The molecular weight excluding hydrogens is 457 g/mol. The van der Waals surface area contributed by atoms with Crippen molar-refractivity contribution in [3.63, 3.8) is 0 Å². The second-order valence-corrected chi connectivity index (χ2v) is 16.5. The van der Waals surface area contributed by atoms with Crippen molar-refractivity contribution in [3.8, 4) is 33.4 Å². The summed E-state index contributed by atoms with van der Waals surface area (Å²) >= 11 is 1.87. The van der Waals surface area contributed by atoms with Crippen molar-refractivity contribution in [3.05, 3.63) is 115 Å². The van der Waals surface area contributed by atoms with Gasteiger partial charge in [-0.25, -0.2) is 0 Å². The van der Waals surface area contributed by atoms with Gasteiger partial charge in [0.25, 0.3) is 0 Å². The smallest absolute Gasteiger partial charge is 0.0776 e. The Hall–Kier alpha value is -3.46. The molecule has 6 rings (SSSR count). The van der Waals surface area contributed by atoms with Gasteiger partial charge in [0.05, 0.1) is 8.07 Å². The third-order valence-electron chi connectivity index (χ3n) is 6.88. The number of hydrogen-bond donors (Lipinski definition) is 0. The summed E-state index contributed by atoms with van der Waals surface area (Å²) in [5.74, 6) is 0. The normalized spacial score (nSPS) is 11.9. The van der Waals surface area contributed by atoms with Crippen LogP contribution in [0.1, 0.15) is 0 Å². The zero-order valence-electron chi connectivity index (χ0n) is 20.4. The monoisotopic (exact) mass is 484 g/mol. The van der Waals surface area contributed by atoms with E-state index in [0.717, 1.165) is 0 Å². The predicted octanol–water partition coefficient (Wildman–Crippen LogP) is 9.60. The van der Waals surface area contributed by atoms with Crippen LogP contribution in [0.2, 0.25) is 19.6 Å². The lowest BCUT2D eigenvalue weighted by Crippen LogP contribution is -2.37. The van der Waals surface area contributed by atoms with Gasteiger partial charge in [-0.1, -0.05) is 122 Å². The molecule has 0 saturated carbocycles. The van der Waals surface area contributed by atoms with Crippen LogP contribution in [0.5, 0.6) is 0 Å². The molecule has 1 heterocycles. The molecule has 35 heavy (non-hydrogen) atoms. The minimum absolute atomic E-state index is 1.25. The highest BCUT2D eigenvalue weighted by Crippen LogP contribution is 2.36. The van der Waals surface area contributed by atoms with Crippen molar-refractivity contribution in [2.24, 2.45) is 0 Å². The molecule has 0 spiro atoms. The summed E-state index contributed by atoms with van der Waals surface area (Å²) in [6, 6.07) is 42.6. The first kappa shape index (κ1) is 22.0. The highest BCUT2D eigenvalue weighted by molar-refractivity contribution is 7.25. The van der Waals surface area contributed by atoms with Gasteiger partial charge in [-0.2, -0.15) is 0 Å². The first-order valence-corrected chi connectivity index (χ1v) is 16.5. The third kappa shape index (κ3) is 4.25. The van der Waals surface area contributed by atoms with Gasteiger partial charge in [0, 0.05) is 20.2 Å². The summed E-state index contributed by atoms with van der Waals surface area (Å²) in [7, 11) is -1.32. The van der Waals surface area contributed by atoms with Crippen LogP contribution in [0.4, 0.5) is 0 Å². The summed E-state index contributed by atoms with van der Waals surface area (Å²) in [6.07, 6.45) is 0. The molecule has 1 aromatic heterocycles. The van der Waals surface area contributed by atoms with Gasteiger partial charge in [0.1, 0.15) is 0 Å². The van der Waals surface area contributed by atoms with Crippen molar-refractivity contribution in [1.82, 2.24) is 0 Å². The Labute approximate surface area is 212 Å². The van der Waals surface area contributed by atoms with Crippen molar-refractivity contribution in [2.45, 2.75) is 19.6 Å². The highest BCUT2D eigenvalue weighted by atomic mass is 32.1. The van der Waals surface area contributed by atoms with Crippen LogP contribution in [-0.2, 0) is 0 Å². The topological polar surface area (TPSA) is 0 Å². The van der Waals surface area contributed by atoms with E-state index in [-0.39, 0.29) is 0 Å². The summed E-state index contributed by atoms with van der Waals surface area (Å²) in [5, 5.41) is 4.20. The minimum atomic E-state index is -1.32. The number of benzene rings is 5. The van der Waals surface area contributed by atoms with Crippen LogP contribution < -0.4 is 5.19 Å². The molecule has 0 nitrogen and oxygen atoms in total. The minimum Gasteiger partial charge on any atom is -0.135 e. The first-order chi connectivity index (χ1) is 17.0. The maximum absolute atomic E-state index is 2.40. The maximum atomic E-state index is 2.40. The largest absolute Gasteiger partial charge is 0.135 e. The lowest BCUT2D eigenvalue weighted by molar-refractivity contribution is 1.58. The molecule has 170 valence electrons. The Morgan fingerprint density at radius 1 is 0.429 bits per heavy atom. The standard InChI is InChI=1S/C33H28SSi/c1-35(2,3)29-8-6-7-27(21-29)25-15-11-23(12-16-25)24-13-17-26(18-14-24)28-19-20-33-31(22-28)30-9-4-5-10-32(30)34-33/h4-22H,1-3H3. The zero-order chi connectivity index (χ0) is 24.0. The highest BCUT2D eigenvalue weighted by Gasteiger charge is 2.16. The lowest BCUT2D eigenvalue weighted by atomic mass is 9.97. The van der Waals surface area contributed by atoms with Crippen LogP contribution >= 0.6 is 11.3 Å². The van der Waals surface area contributed by atoms with Crippen molar-refractivity contribution < 1.29 is 0 Å². The van der Waals surface area contributed by atoms with Gasteiger partial charge in [-0.15, -0.1) is 11.3 Å². The fourth-order valence-electron chi connectivity index (χ4n) is 4.78. The zero-order valence-corrected chi connectivity index (χ0v) is 22.2. The molecule has 2 heteroatoms. The van der Waals surface area contributed by atoms with Gasteiger partial charge < -0.3 is 0 Å². The van der Waals surface area contributed by atoms with E-state index in [1.807, 2.05) is 11.3 Å². The lowest BCUT2D eigenvalue weighted by Gasteiger charge is -2.17. The molecule has 0 aliphatic heterocycles. The van der Waals surface area contributed by atoms with Crippen LogP contribution in [-0.4, -0.2) is 8.07 Å². The van der Waals surface area contributed by atoms with E-state index in [1.54, 1.807) is 0 Å². The molecule has 0 unspecified atom stereocenters. The molecule has 0 bridgehead atoms. The quantitative estimate of drug-likeness (QED) is 0.218. The number of thiophene rings is 1. The van der Waals surface area contributed by atoms with Crippen molar-refractivity contribution in [2.75, 3.05) is 0 Å². The van der Waals surface area contributed by atoms with Crippen LogP contribution in [0.25, 0.3) is 53.6 Å². The number of fused-ring (bicyclic) bond motifs is 3. The Kier molecular flexibility index (Phi) is 5.44. The van der Waals surface area contributed by atoms with Crippen molar-refractivity contribution >= 4 is 44.8 Å². The van der Waals surface area contributed by atoms with E-state index < -0.39 is 8.07 Å². The molecule has 5 aromatic carbocycles. The Morgan fingerprint density at radius 2 is 0.943 bits per heavy atom. The molecule has 0 aliphatic carbocycles. The van der Waals surface area contributed by atoms with Crippen LogP contribution in [0.3, 0.4) is 0 Å². The Morgan fingerprint density at radius 3 is 1.57 bits per heavy atom. The van der Waals surface area contributed by atoms with Crippen molar-refractivity contribution in [1.29, 1.82) is 0 Å². The summed E-state index contributed by atoms with van der Waals surface area (Å²) in [6.45, 7) is 7.21. The van der Waals surface area contributed by atoms with E-state index in [0.29, 0.717) is 0 Å². The molecule has 0 N–H and O–H groups in total. The Balaban J connectivity index is 1.28. The van der Waals surface area contributed by atoms with E-state index >= 15 is 0 Å². The SMILES string of the molecule is C[Si](C)(C)c1cccc(-c2ccc(-c3ccc(-c4ccc5sc6ccccc6c5c4)cc3)cc2)c1. The van der Waals surface area contributed by atoms with E-state index in [4.69, 9.17) is 0 Å². The maximum Gasteiger partial charge on any atom is 0.0776 e. The van der Waals surface area contributed by atoms with E-state index in [9.17, 15) is 0 Å². The van der Waals surface area contributed by atoms with Gasteiger partial charge >= 0.3 is 0 Å². The second kappa shape index (κ2) is 8.64. The average Bonchev–Trinajstić information content (AvgIpc) is 3.26. The van der Waals surface area contributed by atoms with Gasteiger partial charge in [0.15, 0.2) is 0 Å². The average molecular weight is 485 g/mol. The van der Waals surface area contributed by atoms with E-state index in [1.165, 1.54) is 58.7 Å². The first-order valence-electron chi connectivity index (χ1n) is 12.2. The molecule has 0 atom stereocenters. The summed E-state index contributed by atoms with van der Waals surface area (Å²) in [4.78, 5) is 0. The molecule has 0 aliphatic rings. The molecule has 0 radical (unpaired) electrons. The van der Waals surface area contributed by atoms with Gasteiger partial charge in [-0.05, 0) is 51.6 Å².